The van der Waals surface area contributed by atoms with Gasteiger partial charge >= 0.3 is 0 Å². The monoisotopic (exact) mass is 363 g/mol. The summed E-state index contributed by atoms with van der Waals surface area (Å²) in [7, 11) is 0. The number of allylic oxidation sites excluding steroid dienone is 2. The maximum absolute atomic E-state index is 12.6. The van der Waals surface area contributed by atoms with E-state index in [0.717, 1.165) is 11.4 Å². The fraction of sp³-hybridized carbons (Fsp3) is 0.286. The van der Waals surface area contributed by atoms with E-state index in [1.165, 1.54) is 4.90 Å². The van der Waals surface area contributed by atoms with E-state index in [4.69, 9.17) is 0 Å². The molecule has 2 heterocycles. The zero-order chi connectivity index (χ0) is 19.1. The quantitative estimate of drug-likeness (QED) is 0.673. The van der Waals surface area contributed by atoms with E-state index in [1.54, 1.807) is 28.9 Å². The summed E-state index contributed by atoms with van der Waals surface area (Å²) in [6.07, 6.45) is 5.16. The second kappa shape index (κ2) is 6.54. The van der Waals surface area contributed by atoms with Crippen LogP contribution in [-0.2, 0) is 9.59 Å². The Kier molecular flexibility index (Phi) is 4.18. The first-order chi connectivity index (χ1) is 13.0. The average molecular weight is 363 g/mol. The molecule has 0 spiro atoms. The standard InChI is InChI=1S/C21H21N3O3/c1-13-7-8-14(2)24(13)22-19(25)15-9-11-16(12-10-15)23-20(26)17-5-3-4-6-18(17)21(23)27/h3-4,7-12,17-18H,5-6H2,1-2H3,(H,22,25)/t17-,18-/m1/s1. The molecule has 0 radical (unpaired) electrons. The number of hydrogen-bond acceptors (Lipinski definition) is 3. The van der Waals surface area contributed by atoms with Crippen LogP contribution in [0.1, 0.15) is 34.6 Å². The summed E-state index contributed by atoms with van der Waals surface area (Å²) in [5.74, 6) is -1.06. The lowest BCUT2D eigenvalue weighted by Crippen LogP contribution is -2.31. The van der Waals surface area contributed by atoms with Gasteiger partial charge in [0, 0.05) is 17.0 Å². The molecule has 1 N–H and O–H groups in total. The van der Waals surface area contributed by atoms with Crippen LogP contribution in [-0.4, -0.2) is 22.4 Å². The Hall–Kier alpha value is -3.15. The topological polar surface area (TPSA) is 71.4 Å². The number of anilines is 1. The third kappa shape index (κ3) is 2.87. The molecule has 6 nitrogen and oxygen atoms in total. The van der Waals surface area contributed by atoms with Gasteiger partial charge in [0.1, 0.15) is 0 Å². The number of amides is 3. The maximum Gasteiger partial charge on any atom is 0.270 e. The molecule has 1 fully saturated rings. The zero-order valence-corrected chi connectivity index (χ0v) is 15.3. The third-order valence-corrected chi connectivity index (χ3v) is 5.38. The number of carbonyl (C=O) groups excluding carboxylic acids is 3. The van der Waals surface area contributed by atoms with Crippen LogP contribution in [0.3, 0.4) is 0 Å². The van der Waals surface area contributed by atoms with Crippen molar-refractivity contribution in [3.8, 4) is 0 Å². The Morgan fingerprint density at radius 2 is 1.41 bits per heavy atom. The van der Waals surface area contributed by atoms with Crippen LogP contribution in [0.25, 0.3) is 0 Å². The lowest BCUT2D eigenvalue weighted by Gasteiger charge is -2.16. The van der Waals surface area contributed by atoms with Gasteiger partial charge in [0.15, 0.2) is 0 Å². The van der Waals surface area contributed by atoms with Crippen LogP contribution in [0.15, 0.2) is 48.6 Å². The lowest BCUT2D eigenvalue weighted by atomic mass is 9.85. The van der Waals surface area contributed by atoms with Gasteiger partial charge in [-0.1, -0.05) is 12.2 Å². The van der Waals surface area contributed by atoms with Crippen LogP contribution in [0.2, 0.25) is 0 Å². The van der Waals surface area contributed by atoms with Crippen molar-refractivity contribution in [2.45, 2.75) is 26.7 Å². The lowest BCUT2D eigenvalue weighted by molar-refractivity contribution is -0.122. The van der Waals surface area contributed by atoms with Gasteiger partial charge in [0.25, 0.3) is 5.91 Å². The van der Waals surface area contributed by atoms with E-state index in [9.17, 15) is 14.4 Å². The minimum absolute atomic E-state index is 0.148. The van der Waals surface area contributed by atoms with Crippen molar-refractivity contribution in [1.29, 1.82) is 0 Å². The zero-order valence-electron chi connectivity index (χ0n) is 15.3. The summed E-state index contributed by atoms with van der Waals surface area (Å²) in [6.45, 7) is 3.82. The molecule has 1 aliphatic heterocycles. The highest BCUT2D eigenvalue weighted by molar-refractivity contribution is 6.22. The van der Waals surface area contributed by atoms with Gasteiger partial charge in [-0.15, -0.1) is 0 Å². The molecule has 27 heavy (non-hydrogen) atoms. The van der Waals surface area contributed by atoms with Crippen LogP contribution < -0.4 is 10.3 Å². The first-order valence-corrected chi connectivity index (χ1v) is 9.06. The first kappa shape index (κ1) is 17.3. The van der Waals surface area contributed by atoms with Crippen molar-refractivity contribution in [3.63, 3.8) is 0 Å². The second-order valence-electron chi connectivity index (χ2n) is 7.11. The normalized spacial score (nSPS) is 21.5. The highest BCUT2D eigenvalue weighted by Crippen LogP contribution is 2.37. The van der Waals surface area contributed by atoms with Crippen LogP contribution >= 0.6 is 0 Å². The molecule has 2 aliphatic rings. The number of aryl methyl sites for hydroxylation is 2. The molecule has 2 atom stereocenters. The number of rotatable bonds is 3. The molecule has 2 aromatic rings. The van der Waals surface area contributed by atoms with Gasteiger partial charge in [0.2, 0.25) is 11.8 Å². The Labute approximate surface area is 157 Å². The smallest absolute Gasteiger partial charge is 0.270 e. The number of fused-ring (bicyclic) bond motifs is 1. The molecule has 6 heteroatoms. The van der Waals surface area contributed by atoms with Crippen LogP contribution in [0.4, 0.5) is 5.69 Å². The minimum Gasteiger partial charge on any atom is -0.274 e. The van der Waals surface area contributed by atoms with Gasteiger partial charge in [-0.05, 0) is 63.1 Å². The van der Waals surface area contributed by atoms with Crippen molar-refractivity contribution < 1.29 is 14.4 Å². The predicted octanol–water partition coefficient (Wildman–Crippen LogP) is 2.94. The number of nitrogens with zero attached hydrogens (tertiary/aromatic N) is 2. The van der Waals surface area contributed by atoms with Crippen LogP contribution in [0.5, 0.6) is 0 Å². The maximum atomic E-state index is 12.6. The molecule has 4 rings (SSSR count). The molecule has 0 unspecified atom stereocenters. The Balaban J connectivity index is 1.53. The van der Waals surface area contributed by atoms with E-state index >= 15 is 0 Å². The van der Waals surface area contributed by atoms with Gasteiger partial charge < -0.3 is 0 Å². The third-order valence-electron chi connectivity index (χ3n) is 5.38. The Bertz CT molecular complexity index is 910. The number of carbonyl (C=O) groups is 3. The summed E-state index contributed by atoms with van der Waals surface area (Å²) in [4.78, 5) is 39.1. The van der Waals surface area contributed by atoms with Crippen molar-refractivity contribution in [2.75, 3.05) is 10.3 Å². The van der Waals surface area contributed by atoms with E-state index < -0.39 is 0 Å². The van der Waals surface area contributed by atoms with Crippen molar-refractivity contribution >= 4 is 23.4 Å². The first-order valence-electron chi connectivity index (χ1n) is 9.06. The summed E-state index contributed by atoms with van der Waals surface area (Å²) >= 11 is 0. The second-order valence-corrected chi connectivity index (χ2v) is 7.11. The van der Waals surface area contributed by atoms with Gasteiger partial charge in [0.05, 0.1) is 17.5 Å². The molecule has 3 amide bonds. The summed E-state index contributed by atoms with van der Waals surface area (Å²) in [6, 6.07) is 10.4. The molecule has 138 valence electrons. The molecular weight excluding hydrogens is 342 g/mol. The van der Waals surface area contributed by atoms with E-state index in [2.05, 4.69) is 5.43 Å². The van der Waals surface area contributed by atoms with Crippen molar-refractivity contribution in [2.24, 2.45) is 11.8 Å². The largest absolute Gasteiger partial charge is 0.274 e. The van der Waals surface area contributed by atoms with Crippen LogP contribution in [0, 0.1) is 25.7 Å². The number of hydrogen-bond donors (Lipinski definition) is 1. The molecule has 0 bridgehead atoms. The predicted molar refractivity (Wildman–Crippen MR) is 102 cm³/mol. The number of benzene rings is 1. The summed E-state index contributed by atoms with van der Waals surface area (Å²) in [5, 5.41) is 0. The van der Waals surface area contributed by atoms with Crippen molar-refractivity contribution in [1.82, 2.24) is 4.68 Å². The highest BCUT2D eigenvalue weighted by atomic mass is 16.2. The Morgan fingerprint density at radius 1 is 0.889 bits per heavy atom. The van der Waals surface area contributed by atoms with Gasteiger partial charge in [-0.25, -0.2) is 0 Å². The summed E-state index contributed by atoms with van der Waals surface area (Å²) in [5.41, 5.74) is 5.69. The fourth-order valence-electron chi connectivity index (χ4n) is 3.83. The molecule has 1 saturated heterocycles. The Morgan fingerprint density at radius 3 is 1.93 bits per heavy atom. The van der Waals surface area contributed by atoms with E-state index in [-0.39, 0.29) is 29.6 Å². The van der Waals surface area contributed by atoms with E-state index in [1.807, 2.05) is 38.1 Å². The van der Waals surface area contributed by atoms with Gasteiger partial charge in [-0.2, -0.15) is 0 Å². The number of nitrogens with one attached hydrogen (secondary N) is 1. The molecule has 1 aromatic heterocycles. The molecule has 1 aliphatic carbocycles. The molecule has 1 aromatic carbocycles. The summed E-state index contributed by atoms with van der Waals surface area (Å²) < 4.78 is 1.72. The SMILES string of the molecule is Cc1ccc(C)n1NC(=O)c1ccc(N2C(=O)[C@@H]3CC=CC[C@H]3C2=O)cc1. The number of imide groups is 1. The van der Waals surface area contributed by atoms with E-state index in [0.29, 0.717) is 24.1 Å². The molecular formula is C21H21N3O3. The highest BCUT2D eigenvalue weighted by Gasteiger charge is 2.47. The number of aromatic nitrogens is 1. The van der Waals surface area contributed by atoms with Crippen molar-refractivity contribution in [3.05, 3.63) is 65.5 Å². The molecule has 0 saturated carbocycles. The average Bonchev–Trinajstić information content (AvgIpc) is 3.13. The van der Waals surface area contributed by atoms with Gasteiger partial charge in [-0.3, -0.25) is 29.4 Å². The fourth-order valence-corrected chi connectivity index (χ4v) is 3.83. The minimum atomic E-state index is -0.259.